The number of halogens is 1. The molecule has 7 heteroatoms. The third-order valence-electron chi connectivity index (χ3n) is 3.71. The van der Waals surface area contributed by atoms with Crippen molar-refractivity contribution in [2.24, 2.45) is 0 Å². The second kappa shape index (κ2) is 5.93. The van der Waals surface area contributed by atoms with Gasteiger partial charge in [0.1, 0.15) is 5.82 Å². The normalized spacial score (nSPS) is 24.8. The number of nitrogens with one attached hydrogen (secondary N) is 1. The van der Waals surface area contributed by atoms with Crippen LogP contribution in [-0.2, 0) is 16.4 Å². The van der Waals surface area contributed by atoms with Gasteiger partial charge in [0.25, 0.3) is 10.0 Å². The van der Waals surface area contributed by atoms with E-state index in [9.17, 15) is 8.42 Å². The number of rotatable bonds is 4. The summed E-state index contributed by atoms with van der Waals surface area (Å²) >= 11 is 3.61. The van der Waals surface area contributed by atoms with Gasteiger partial charge in [-0.3, -0.25) is 0 Å². The first-order valence-corrected chi connectivity index (χ1v) is 8.98. The standard InChI is InChI=1S/C12H20BrN3O2S/c1-3-11-14-8-12(15-11)19(17,18)16(2)10-7-5-4-6-9(10)13/h8-10H,3-7H2,1-2H3,(H,14,15). The van der Waals surface area contributed by atoms with Crippen molar-refractivity contribution < 1.29 is 8.42 Å². The van der Waals surface area contributed by atoms with Crippen molar-refractivity contribution in [2.75, 3.05) is 7.05 Å². The number of H-pyrrole nitrogens is 1. The molecule has 2 rings (SSSR count). The van der Waals surface area contributed by atoms with Crippen molar-refractivity contribution in [3.8, 4) is 0 Å². The molecule has 108 valence electrons. The van der Waals surface area contributed by atoms with Gasteiger partial charge in [-0.1, -0.05) is 35.7 Å². The highest BCUT2D eigenvalue weighted by atomic mass is 79.9. The lowest BCUT2D eigenvalue weighted by Crippen LogP contribution is -2.44. The summed E-state index contributed by atoms with van der Waals surface area (Å²) in [5.74, 6) is 0.700. The topological polar surface area (TPSA) is 66.1 Å². The monoisotopic (exact) mass is 349 g/mol. The molecule has 1 aliphatic carbocycles. The Balaban J connectivity index is 2.23. The lowest BCUT2D eigenvalue weighted by molar-refractivity contribution is 0.296. The molecule has 0 saturated heterocycles. The van der Waals surface area contributed by atoms with E-state index in [0.717, 1.165) is 25.7 Å². The van der Waals surface area contributed by atoms with Crippen molar-refractivity contribution in [3.63, 3.8) is 0 Å². The van der Waals surface area contributed by atoms with E-state index in [4.69, 9.17) is 0 Å². The summed E-state index contributed by atoms with van der Waals surface area (Å²) < 4.78 is 26.6. The molecule has 1 aromatic rings. The zero-order valence-electron chi connectivity index (χ0n) is 11.3. The molecule has 0 spiro atoms. The minimum Gasteiger partial charge on any atom is -0.332 e. The fraction of sp³-hybridized carbons (Fsp3) is 0.750. The van der Waals surface area contributed by atoms with Crippen molar-refractivity contribution >= 4 is 26.0 Å². The average Bonchev–Trinajstić information content (AvgIpc) is 2.88. The van der Waals surface area contributed by atoms with Gasteiger partial charge in [0, 0.05) is 24.3 Å². The average molecular weight is 350 g/mol. The van der Waals surface area contributed by atoms with Gasteiger partial charge >= 0.3 is 0 Å². The van der Waals surface area contributed by atoms with Crippen LogP contribution in [-0.4, -0.2) is 40.6 Å². The summed E-state index contributed by atoms with van der Waals surface area (Å²) in [4.78, 5) is 7.19. The molecule has 0 aromatic carbocycles. The maximum absolute atomic E-state index is 12.5. The molecule has 0 amide bonds. The number of aromatic nitrogens is 2. The molecule has 1 heterocycles. The van der Waals surface area contributed by atoms with E-state index in [2.05, 4.69) is 25.9 Å². The van der Waals surface area contributed by atoms with E-state index in [1.54, 1.807) is 7.05 Å². The predicted molar refractivity (Wildman–Crippen MR) is 77.9 cm³/mol. The van der Waals surface area contributed by atoms with Gasteiger partial charge in [-0.15, -0.1) is 0 Å². The number of sulfonamides is 1. The van der Waals surface area contributed by atoms with Gasteiger partial charge in [-0.25, -0.2) is 13.4 Å². The van der Waals surface area contributed by atoms with Crippen LogP contribution >= 0.6 is 15.9 Å². The summed E-state index contributed by atoms with van der Waals surface area (Å²) in [5.41, 5.74) is 0. The molecule has 1 fully saturated rings. The van der Waals surface area contributed by atoms with Crippen molar-refractivity contribution in [2.45, 2.75) is 54.9 Å². The lowest BCUT2D eigenvalue weighted by atomic mass is 9.96. The van der Waals surface area contributed by atoms with Crippen LogP contribution in [0.4, 0.5) is 0 Å². The zero-order chi connectivity index (χ0) is 14.0. The highest BCUT2D eigenvalue weighted by Gasteiger charge is 2.34. The Labute approximate surface area is 123 Å². The summed E-state index contributed by atoms with van der Waals surface area (Å²) in [7, 11) is -1.82. The minimum absolute atomic E-state index is 0.0205. The number of alkyl halides is 1. The quantitative estimate of drug-likeness (QED) is 0.848. The second-order valence-corrected chi connectivity index (χ2v) is 8.08. The SMILES string of the molecule is CCc1ncc(S(=O)(=O)N(C)C2CCCCC2Br)[nH]1. The Hall–Kier alpha value is -0.400. The number of imidazole rings is 1. The summed E-state index contributed by atoms with van der Waals surface area (Å²) in [6.07, 6.45) is 6.27. The van der Waals surface area contributed by atoms with Crippen LogP contribution in [0.1, 0.15) is 38.4 Å². The number of aryl methyl sites for hydroxylation is 1. The molecule has 2 atom stereocenters. The number of hydrogen-bond donors (Lipinski definition) is 1. The first kappa shape index (κ1) is 15.0. The molecule has 1 saturated carbocycles. The Morgan fingerprint density at radius 1 is 1.47 bits per heavy atom. The van der Waals surface area contributed by atoms with Crippen LogP contribution in [0, 0.1) is 0 Å². The van der Waals surface area contributed by atoms with Gasteiger partial charge < -0.3 is 4.98 Å². The molecule has 0 aliphatic heterocycles. The molecule has 0 radical (unpaired) electrons. The summed E-state index contributed by atoms with van der Waals surface area (Å²) in [6.45, 7) is 1.94. The fourth-order valence-electron chi connectivity index (χ4n) is 2.46. The Kier molecular flexibility index (Phi) is 4.68. The van der Waals surface area contributed by atoms with Crippen LogP contribution in [0.5, 0.6) is 0 Å². The predicted octanol–water partition coefficient (Wildman–Crippen LogP) is 2.30. The van der Waals surface area contributed by atoms with Gasteiger partial charge in [0.15, 0.2) is 5.03 Å². The molecular formula is C12H20BrN3O2S. The van der Waals surface area contributed by atoms with E-state index in [0.29, 0.717) is 12.2 Å². The van der Waals surface area contributed by atoms with Crippen LogP contribution < -0.4 is 0 Å². The van der Waals surface area contributed by atoms with Crippen LogP contribution in [0.2, 0.25) is 0 Å². The molecule has 19 heavy (non-hydrogen) atoms. The van der Waals surface area contributed by atoms with Gasteiger partial charge in [0.05, 0.1) is 6.20 Å². The molecule has 5 nitrogen and oxygen atoms in total. The van der Waals surface area contributed by atoms with Gasteiger partial charge in [0.2, 0.25) is 0 Å². The smallest absolute Gasteiger partial charge is 0.260 e. The third kappa shape index (κ3) is 3.03. The number of aromatic amines is 1. The van der Waals surface area contributed by atoms with Crippen molar-refractivity contribution in [3.05, 3.63) is 12.0 Å². The highest BCUT2D eigenvalue weighted by molar-refractivity contribution is 9.09. The maximum Gasteiger partial charge on any atom is 0.260 e. The fourth-order valence-corrected chi connectivity index (χ4v) is 4.91. The van der Waals surface area contributed by atoms with Gasteiger partial charge in [-0.2, -0.15) is 4.31 Å². The summed E-state index contributed by atoms with van der Waals surface area (Å²) in [6, 6.07) is 0.0205. The third-order valence-corrected chi connectivity index (χ3v) is 6.57. The molecule has 0 bridgehead atoms. The van der Waals surface area contributed by atoms with Crippen LogP contribution in [0.15, 0.2) is 11.2 Å². The molecule has 1 N–H and O–H groups in total. The van der Waals surface area contributed by atoms with Crippen LogP contribution in [0.3, 0.4) is 0 Å². The van der Waals surface area contributed by atoms with Crippen molar-refractivity contribution in [1.82, 2.24) is 14.3 Å². The second-order valence-electron chi connectivity index (χ2n) is 4.94. The Bertz CT molecular complexity index is 529. The van der Waals surface area contributed by atoms with E-state index in [-0.39, 0.29) is 15.9 Å². The van der Waals surface area contributed by atoms with E-state index >= 15 is 0 Å². The number of hydrogen-bond acceptors (Lipinski definition) is 3. The lowest BCUT2D eigenvalue weighted by Gasteiger charge is -2.33. The Morgan fingerprint density at radius 2 is 2.16 bits per heavy atom. The minimum atomic E-state index is -3.48. The molecular weight excluding hydrogens is 330 g/mol. The maximum atomic E-state index is 12.5. The van der Waals surface area contributed by atoms with E-state index in [1.165, 1.54) is 10.5 Å². The number of nitrogens with zero attached hydrogens (tertiary/aromatic N) is 2. The zero-order valence-corrected chi connectivity index (χ0v) is 13.7. The molecule has 1 aliphatic rings. The Morgan fingerprint density at radius 3 is 2.74 bits per heavy atom. The van der Waals surface area contributed by atoms with Crippen LogP contribution in [0.25, 0.3) is 0 Å². The molecule has 1 aromatic heterocycles. The first-order chi connectivity index (χ1) is 8.96. The first-order valence-electron chi connectivity index (χ1n) is 6.62. The molecule has 2 unspecified atom stereocenters. The highest BCUT2D eigenvalue weighted by Crippen LogP contribution is 2.30. The van der Waals surface area contributed by atoms with E-state index < -0.39 is 10.0 Å². The van der Waals surface area contributed by atoms with Crippen molar-refractivity contribution in [1.29, 1.82) is 0 Å². The summed E-state index contributed by atoms with van der Waals surface area (Å²) in [5, 5.41) is 0.192. The van der Waals surface area contributed by atoms with Gasteiger partial charge in [-0.05, 0) is 12.8 Å². The largest absolute Gasteiger partial charge is 0.332 e. The van der Waals surface area contributed by atoms with E-state index in [1.807, 2.05) is 6.92 Å².